The van der Waals surface area contributed by atoms with Crippen LogP contribution in [0.2, 0.25) is 0 Å². The van der Waals surface area contributed by atoms with Crippen LogP contribution in [-0.2, 0) is 26.1 Å². The van der Waals surface area contributed by atoms with Crippen molar-refractivity contribution in [3.05, 3.63) is 119 Å². The molecule has 0 unspecified atom stereocenters. The Kier molecular flexibility index (Phi) is 10.3. The second-order valence-corrected chi connectivity index (χ2v) is 11.5. The van der Waals surface area contributed by atoms with E-state index in [1.807, 2.05) is 100 Å². The summed E-state index contributed by atoms with van der Waals surface area (Å²) in [6.07, 6.45) is 2.49. The predicted molar refractivity (Wildman–Crippen MR) is 152 cm³/mol. The lowest BCUT2D eigenvalue weighted by Crippen LogP contribution is -2.43. The minimum Gasteiger partial charge on any atom is -0.456 e. The number of esters is 1. The molecule has 0 N–H and O–H groups in total. The van der Waals surface area contributed by atoms with Crippen molar-refractivity contribution in [2.24, 2.45) is 0 Å². The van der Waals surface area contributed by atoms with Crippen LogP contribution in [0.5, 0.6) is 0 Å². The van der Waals surface area contributed by atoms with Crippen molar-refractivity contribution in [1.82, 2.24) is 4.31 Å². The summed E-state index contributed by atoms with van der Waals surface area (Å²) in [7, 11) is -3.97. The summed E-state index contributed by atoms with van der Waals surface area (Å²) in [4.78, 5) is 13.2. The second-order valence-electron chi connectivity index (χ2n) is 9.63. The molecule has 6 heteroatoms. The van der Waals surface area contributed by atoms with Gasteiger partial charge in [-0.1, -0.05) is 84.9 Å². The van der Waals surface area contributed by atoms with Gasteiger partial charge < -0.3 is 4.74 Å². The third-order valence-corrected chi connectivity index (χ3v) is 8.74. The summed E-state index contributed by atoms with van der Waals surface area (Å²) >= 11 is 0. The molecule has 0 spiro atoms. The van der Waals surface area contributed by atoms with Gasteiger partial charge in [-0.2, -0.15) is 4.31 Å². The van der Waals surface area contributed by atoms with Crippen molar-refractivity contribution in [2.45, 2.75) is 70.5 Å². The predicted octanol–water partition coefficient (Wildman–Crippen LogP) is 6.99. The average Bonchev–Trinajstić information content (AvgIpc) is 2.88. The molecule has 0 bridgehead atoms. The number of allylic oxidation sites excluding steroid dienone is 1. The van der Waals surface area contributed by atoms with E-state index >= 15 is 0 Å². The number of hydrogen-bond donors (Lipinski definition) is 0. The number of carbonyl (C=O) groups excluding carboxylic acids is 1. The van der Waals surface area contributed by atoms with Crippen molar-refractivity contribution in [3.8, 4) is 0 Å². The number of sulfonamides is 1. The SMILES string of the molecule is C=C=CCCCC(=O)O[C@H](c1ccccc1)[C@H](C)N(Cc1ccccc1)S(=O)(=O)c1c(C)cc(C)cc1C. The minimum absolute atomic E-state index is 0.141. The molecule has 0 fully saturated rings. The molecule has 0 aliphatic heterocycles. The van der Waals surface area contributed by atoms with Crippen molar-refractivity contribution in [1.29, 1.82) is 0 Å². The van der Waals surface area contributed by atoms with E-state index in [9.17, 15) is 13.2 Å². The molecule has 5 nitrogen and oxygen atoms in total. The van der Waals surface area contributed by atoms with Crippen LogP contribution in [0.25, 0.3) is 0 Å². The van der Waals surface area contributed by atoms with Crippen molar-refractivity contribution in [2.75, 3.05) is 0 Å². The molecule has 0 saturated heterocycles. The maximum Gasteiger partial charge on any atom is 0.306 e. The fraction of sp³-hybridized carbons (Fsp3) is 0.312. The van der Waals surface area contributed by atoms with E-state index in [1.54, 1.807) is 6.08 Å². The Morgan fingerprint density at radius 3 is 2.16 bits per heavy atom. The van der Waals surface area contributed by atoms with Crippen LogP contribution in [0, 0.1) is 20.8 Å². The highest BCUT2D eigenvalue weighted by atomic mass is 32.2. The fourth-order valence-electron chi connectivity index (χ4n) is 4.79. The Hall–Kier alpha value is -3.44. The molecular weight excluding hydrogens is 494 g/mol. The fourth-order valence-corrected chi connectivity index (χ4v) is 6.83. The monoisotopic (exact) mass is 531 g/mol. The van der Waals surface area contributed by atoms with Crippen molar-refractivity contribution >= 4 is 16.0 Å². The number of hydrogen-bond acceptors (Lipinski definition) is 4. The van der Waals surface area contributed by atoms with Crippen molar-refractivity contribution in [3.63, 3.8) is 0 Å². The molecule has 3 aromatic carbocycles. The zero-order valence-electron chi connectivity index (χ0n) is 22.7. The zero-order valence-corrected chi connectivity index (χ0v) is 23.5. The largest absolute Gasteiger partial charge is 0.456 e. The number of unbranched alkanes of at least 4 members (excludes halogenated alkanes) is 1. The number of ether oxygens (including phenoxy) is 1. The van der Waals surface area contributed by atoms with Crippen molar-refractivity contribution < 1.29 is 17.9 Å². The third-order valence-electron chi connectivity index (χ3n) is 6.51. The van der Waals surface area contributed by atoms with Gasteiger partial charge in [0.2, 0.25) is 10.0 Å². The number of aryl methyl sites for hydroxylation is 3. The molecule has 0 saturated carbocycles. The van der Waals surface area contributed by atoms with Gasteiger partial charge >= 0.3 is 5.97 Å². The van der Waals surface area contributed by atoms with E-state index in [1.165, 1.54) is 4.31 Å². The number of carbonyl (C=O) groups is 1. The summed E-state index contributed by atoms with van der Waals surface area (Å²) < 4.78 is 36.2. The molecule has 0 aliphatic carbocycles. The average molecular weight is 532 g/mol. The third kappa shape index (κ3) is 7.32. The van der Waals surface area contributed by atoms with Gasteiger partial charge in [0.1, 0.15) is 6.10 Å². The second kappa shape index (κ2) is 13.4. The molecule has 0 amide bonds. The molecule has 0 aliphatic rings. The van der Waals surface area contributed by atoms with Crippen LogP contribution in [0.3, 0.4) is 0 Å². The van der Waals surface area contributed by atoms with Gasteiger partial charge in [-0.25, -0.2) is 8.42 Å². The maximum absolute atomic E-state index is 14.4. The van der Waals surface area contributed by atoms with Crippen LogP contribution in [0.4, 0.5) is 0 Å². The first kappa shape index (κ1) is 29.1. The Labute approximate surface area is 227 Å². The van der Waals surface area contributed by atoms with Gasteiger partial charge in [0, 0.05) is 13.0 Å². The minimum atomic E-state index is -3.97. The molecule has 0 aromatic heterocycles. The Morgan fingerprint density at radius 1 is 1.00 bits per heavy atom. The maximum atomic E-state index is 14.4. The van der Waals surface area contributed by atoms with Gasteiger partial charge in [-0.15, -0.1) is 5.73 Å². The highest BCUT2D eigenvalue weighted by Crippen LogP contribution is 2.33. The first-order valence-corrected chi connectivity index (χ1v) is 14.3. The summed E-state index contributed by atoms with van der Waals surface area (Å²) in [6.45, 7) is 11.1. The van der Waals surface area contributed by atoms with Gasteiger partial charge in [0.25, 0.3) is 0 Å². The van der Waals surface area contributed by atoms with Crippen LogP contribution < -0.4 is 0 Å². The van der Waals surface area contributed by atoms with Crippen LogP contribution in [-0.4, -0.2) is 24.7 Å². The first-order chi connectivity index (χ1) is 18.1. The highest BCUT2D eigenvalue weighted by molar-refractivity contribution is 7.89. The van der Waals surface area contributed by atoms with Crippen LogP contribution in [0.1, 0.15) is 60.1 Å². The van der Waals surface area contributed by atoms with Gasteiger partial charge in [-0.05, 0) is 68.9 Å². The van der Waals surface area contributed by atoms with Gasteiger partial charge in [0.15, 0.2) is 0 Å². The quantitative estimate of drug-likeness (QED) is 0.144. The van der Waals surface area contributed by atoms with E-state index in [0.717, 1.165) is 16.7 Å². The standard InChI is InChI=1S/C32H37NO4S/c1-6-7-8-15-20-30(34)37-31(29-18-13-10-14-19-29)27(5)33(23-28-16-11-9-12-17-28)38(35,36)32-25(3)21-24(2)22-26(32)4/h7,9-14,16-19,21-22,27,31H,1,8,15,20,23H2,2-5H3/t27-,31-/m0/s1. The molecule has 3 aromatic rings. The van der Waals surface area contributed by atoms with E-state index in [-0.39, 0.29) is 18.9 Å². The van der Waals surface area contributed by atoms with E-state index in [2.05, 4.69) is 12.3 Å². The van der Waals surface area contributed by atoms with E-state index in [4.69, 9.17) is 4.74 Å². The Morgan fingerprint density at radius 2 is 1.58 bits per heavy atom. The van der Waals surface area contributed by atoms with Crippen LogP contribution in [0.15, 0.2) is 96.1 Å². The smallest absolute Gasteiger partial charge is 0.306 e. The summed E-state index contributed by atoms with van der Waals surface area (Å²) in [5, 5.41) is 0. The number of rotatable bonds is 12. The van der Waals surface area contributed by atoms with Gasteiger partial charge in [0.05, 0.1) is 10.9 Å². The molecule has 200 valence electrons. The zero-order chi connectivity index (χ0) is 27.7. The topological polar surface area (TPSA) is 63.7 Å². The van der Waals surface area contributed by atoms with Crippen LogP contribution >= 0.6 is 0 Å². The first-order valence-electron chi connectivity index (χ1n) is 12.9. The highest BCUT2D eigenvalue weighted by Gasteiger charge is 2.37. The van der Waals surface area contributed by atoms with Gasteiger partial charge in [-0.3, -0.25) is 4.79 Å². The number of nitrogens with zero attached hydrogens (tertiary/aromatic N) is 1. The summed E-state index contributed by atoms with van der Waals surface area (Å²) in [5.41, 5.74) is 6.68. The number of benzene rings is 3. The molecule has 3 rings (SSSR count). The Bertz CT molecular complexity index is 1350. The lowest BCUT2D eigenvalue weighted by molar-refractivity contribution is -0.152. The Balaban J connectivity index is 2.07. The lowest BCUT2D eigenvalue weighted by Gasteiger charge is -2.34. The molecule has 2 atom stereocenters. The van der Waals surface area contributed by atoms with E-state index in [0.29, 0.717) is 28.9 Å². The summed E-state index contributed by atoms with van der Waals surface area (Å²) in [6, 6.07) is 21.9. The summed E-state index contributed by atoms with van der Waals surface area (Å²) in [5.74, 6) is -0.372. The molecular formula is C32H37NO4S. The molecule has 0 radical (unpaired) electrons. The normalized spacial score (nSPS) is 13.0. The van der Waals surface area contributed by atoms with E-state index < -0.39 is 22.2 Å². The molecule has 0 heterocycles. The molecule has 38 heavy (non-hydrogen) atoms. The lowest BCUT2D eigenvalue weighted by atomic mass is 10.0.